The van der Waals surface area contributed by atoms with E-state index in [1.54, 1.807) is 0 Å². The van der Waals surface area contributed by atoms with Crippen LogP contribution in [0.25, 0.3) is 0 Å². The lowest BCUT2D eigenvalue weighted by molar-refractivity contribution is 0.112. The summed E-state index contributed by atoms with van der Waals surface area (Å²) in [7, 11) is 0. The molecule has 0 amide bonds. The number of benzene rings is 1. The van der Waals surface area contributed by atoms with E-state index in [0.717, 1.165) is 24.7 Å². The van der Waals surface area contributed by atoms with E-state index in [1.165, 1.54) is 88.2 Å². The van der Waals surface area contributed by atoms with Gasteiger partial charge >= 0.3 is 0 Å². The Hall–Kier alpha value is -1.11. The van der Waals surface area contributed by atoms with E-state index in [1.807, 2.05) is 0 Å². The Bertz CT molecular complexity index is 436. The molecule has 0 atom stereocenters. The third kappa shape index (κ3) is 9.25. The number of hydrogen-bond acceptors (Lipinski definition) is 1. The van der Waals surface area contributed by atoms with Crippen LogP contribution in [0.5, 0.6) is 0 Å². The molecule has 0 aliphatic heterocycles. The number of unbranched alkanes of at least 4 members (excludes halogenated alkanes) is 10. The maximum Gasteiger partial charge on any atom is 0.150 e. The van der Waals surface area contributed by atoms with Gasteiger partial charge in [-0.3, -0.25) is 4.79 Å². The summed E-state index contributed by atoms with van der Waals surface area (Å²) in [5.41, 5.74) is 3.50. The predicted molar refractivity (Wildman–Crippen MR) is 106 cm³/mol. The lowest BCUT2D eigenvalue weighted by Gasteiger charge is -2.08. The normalized spacial score (nSPS) is 10.9. The molecule has 0 bridgehead atoms. The van der Waals surface area contributed by atoms with Gasteiger partial charge < -0.3 is 0 Å². The van der Waals surface area contributed by atoms with Crippen LogP contribution in [0.15, 0.2) is 18.2 Å². The van der Waals surface area contributed by atoms with Crippen molar-refractivity contribution in [2.24, 2.45) is 0 Å². The molecular formula is C23H38O. The fraction of sp³-hybridized carbons (Fsp3) is 0.696. The quantitative estimate of drug-likeness (QED) is 0.243. The third-order valence-corrected chi connectivity index (χ3v) is 4.96. The first-order chi connectivity index (χ1) is 11.8. The molecule has 0 saturated heterocycles. The van der Waals surface area contributed by atoms with Crippen LogP contribution in [-0.2, 0) is 12.8 Å². The molecule has 0 radical (unpaired) electrons. The Balaban J connectivity index is 2.30. The van der Waals surface area contributed by atoms with Gasteiger partial charge in [0.2, 0.25) is 0 Å². The number of rotatable bonds is 15. The molecule has 0 aliphatic carbocycles. The molecule has 1 heteroatoms. The van der Waals surface area contributed by atoms with Crippen LogP contribution in [0.4, 0.5) is 0 Å². The van der Waals surface area contributed by atoms with E-state index in [2.05, 4.69) is 32.0 Å². The summed E-state index contributed by atoms with van der Waals surface area (Å²) in [6.07, 6.45) is 19.0. The van der Waals surface area contributed by atoms with Crippen molar-refractivity contribution in [1.29, 1.82) is 0 Å². The highest BCUT2D eigenvalue weighted by atomic mass is 16.1. The molecule has 0 saturated carbocycles. The first-order valence-corrected chi connectivity index (χ1v) is 10.4. The largest absolute Gasteiger partial charge is 0.298 e. The van der Waals surface area contributed by atoms with Crippen LogP contribution >= 0.6 is 0 Å². The van der Waals surface area contributed by atoms with Crippen LogP contribution < -0.4 is 0 Å². The second-order valence-electron chi connectivity index (χ2n) is 7.19. The van der Waals surface area contributed by atoms with Crippen molar-refractivity contribution >= 4 is 6.29 Å². The van der Waals surface area contributed by atoms with Crippen LogP contribution in [0.1, 0.15) is 112 Å². The molecule has 1 rings (SSSR count). The van der Waals surface area contributed by atoms with Gasteiger partial charge in [0.05, 0.1) is 0 Å². The van der Waals surface area contributed by atoms with Gasteiger partial charge in [0.25, 0.3) is 0 Å². The fourth-order valence-electron chi connectivity index (χ4n) is 3.34. The average Bonchev–Trinajstić information content (AvgIpc) is 2.61. The summed E-state index contributed by atoms with van der Waals surface area (Å²) in [5.74, 6) is 0. The van der Waals surface area contributed by atoms with Crippen molar-refractivity contribution in [3.05, 3.63) is 34.9 Å². The van der Waals surface area contributed by atoms with Gasteiger partial charge in [-0.25, -0.2) is 0 Å². The molecule has 1 aromatic carbocycles. The zero-order valence-electron chi connectivity index (χ0n) is 16.1. The smallest absolute Gasteiger partial charge is 0.150 e. The second kappa shape index (κ2) is 14.3. The Labute approximate surface area is 150 Å². The van der Waals surface area contributed by atoms with Gasteiger partial charge in [-0.1, -0.05) is 90.2 Å². The lowest BCUT2D eigenvalue weighted by atomic mass is 9.97. The predicted octanol–water partition coefficient (Wildman–Crippen LogP) is 7.31. The van der Waals surface area contributed by atoms with E-state index in [-0.39, 0.29) is 0 Å². The summed E-state index contributed by atoms with van der Waals surface area (Å²) in [6, 6.07) is 6.57. The van der Waals surface area contributed by atoms with Crippen molar-refractivity contribution in [2.75, 3.05) is 0 Å². The molecule has 0 unspecified atom stereocenters. The van der Waals surface area contributed by atoms with Crippen molar-refractivity contribution in [1.82, 2.24) is 0 Å². The van der Waals surface area contributed by atoms with Crippen LogP contribution in [0.3, 0.4) is 0 Å². The number of aryl methyl sites for hydroxylation is 2. The number of hydrogen-bond donors (Lipinski definition) is 0. The SMILES string of the molecule is CCCCCCCCCc1ccc(CCCCCCC)c(C=O)c1. The highest BCUT2D eigenvalue weighted by Gasteiger charge is 2.04. The summed E-state index contributed by atoms with van der Waals surface area (Å²) < 4.78 is 0. The standard InChI is InChI=1S/C23H38O/c1-3-5-7-9-10-12-13-15-21-17-18-22(23(19-21)20-24)16-14-11-8-6-4-2/h17-20H,3-16H2,1-2H3. The zero-order valence-corrected chi connectivity index (χ0v) is 16.1. The van der Waals surface area contributed by atoms with E-state index in [0.29, 0.717) is 0 Å². The van der Waals surface area contributed by atoms with Gasteiger partial charge in [0.1, 0.15) is 6.29 Å². The summed E-state index contributed by atoms with van der Waals surface area (Å²) in [5, 5.41) is 0. The monoisotopic (exact) mass is 330 g/mol. The van der Waals surface area contributed by atoms with Gasteiger partial charge in [0, 0.05) is 5.56 Å². The maximum absolute atomic E-state index is 11.4. The molecule has 0 aliphatic rings. The first kappa shape index (κ1) is 20.9. The molecule has 1 nitrogen and oxygen atoms in total. The minimum Gasteiger partial charge on any atom is -0.298 e. The van der Waals surface area contributed by atoms with Crippen molar-refractivity contribution in [3.8, 4) is 0 Å². The molecule has 0 aromatic heterocycles. The topological polar surface area (TPSA) is 17.1 Å². The summed E-state index contributed by atoms with van der Waals surface area (Å²) in [6.45, 7) is 4.51. The first-order valence-electron chi connectivity index (χ1n) is 10.4. The highest BCUT2D eigenvalue weighted by molar-refractivity contribution is 5.77. The Kier molecular flexibility index (Phi) is 12.4. The number of aldehydes is 1. The van der Waals surface area contributed by atoms with E-state index < -0.39 is 0 Å². The molecule has 24 heavy (non-hydrogen) atoms. The van der Waals surface area contributed by atoms with Crippen LogP contribution in [0, 0.1) is 0 Å². The van der Waals surface area contributed by atoms with Crippen molar-refractivity contribution in [2.45, 2.75) is 104 Å². The third-order valence-electron chi connectivity index (χ3n) is 4.96. The molecule has 136 valence electrons. The van der Waals surface area contributed by atoms with E-state index >= 15 is 0 Å². The Morgan fingerprint density at radius 2 is 1.25 bits per heavy atom. The highest BCUT2D eigenvalue weighted by Crippen LogP contribution is 2.17. The van der Waals surface area contributed by atoms with Gasteiger partial charge in [-0.05, 0) is 42.9 Å². The lowest BCUT2D eigenvalue weighted by Crippen LogP contribution is -1.96. The van der Waals surface area contributed by atoms with Gasteiger partial charge in [0.15, 0.2) is 0 Å². The van der Waals surface area contributed by atoms with Gasteiger partial charge in [-0.2, -0.15) is 0 Å². The summed E-state index contributed by atoms with van der Waals surface area (Å²) in [4.78, 5) is 11.4. The Morgan fingerprint density at radius 1 is 0.708 bits per heavy atom. The van der Waals surface area contributed by atoms with Crippen molar-refractivity contribution in [3.63, 3.8) is 0 Å². The van der Waals surface area contributed by atoms with E-state index in [9.17, 15) is 4.79 Å². The van der Waals surface area contributed by atoms with Crippen molar-refractivity contribution < 1.29 is 4.79 Å². The average molecular weight is 331 g/mol. The number of carbonyl (C=O) groups excluding carboxylic acids is 1. The van der Waals surface area contributed by atoms with Crippen LogP contribution in [0.2, 0.25) is 0 Å². The maximum atomic E-state index is 11.4. The van der Waals surface area contributed by atoms with Gasteiger partial charge in [-0.15, -0.1) is 0 Å². The molecular weight excluding hydrogens is 292 g/mol. The zero-order chi connectivity index (χ0) is 17.5. The number of carbonyl (C=O) groups is 1. The Morgan fingerprint density at radius 3 is 1.83 bits per heavy atom. The molecule has 0 fully saturated rings. The summed E-state index contributed by atoms with van der Waals surface area (Å²) >= 11 is 0. The molecule has 1 aromatic rings. The second-order valence-corrected chi connectivity index (χ2v) is 7.19. The molecule has 0 heterocycles. The minimum atomic E-state index is 0.922. The molecule has 0 spiro atoms. The molecule has 0 N–H and O–H groups in total. The van der Waals surface area contributed by atoms with Crippen LogP contribution in [-0.4, -0.2) is 6.29 Å². The van der Waals surface area contributed by atoms with E-state index in [4.69, 9.17) is 0 Å². The fourth-order valence-corrected chi connectivity index (χ4v) is 3.34. The minimum absolute atomic E-state index is 0.922.